The number of nitrogens with zero attached hydrogens (tertiary/aromatic N) is 2. The molecule has 6 nitrogen and oxygen atoms in total. The topological polar surface area (TPSA) is 104 Å². The summed E-state index contributed by atoms with van der Waals surface area (Å²) in [7, 11) is 0. The number of anilines is 1. The molecule has 0 saturated heterocycles. The van der Waals surface area contributed by atoms with Gasteiger partial charge in [0, 0.05) is 0 Å². The Morgan fingerprint density at radius 2 is 2.00 bits per heavy atom. The number of rotatable bonds is 4. The monoisotopic (exact) mass is 350 g/mol. The summed E-state index contributed by atoms with van der Waals surface area (Å²) in [5, 5.41) is 0.887. The number of primary amides is 1. The van der Waals surface area contributed by atoms with Crippen LogP contribution in [0.3, 0.4) is 0 Å². The van der Waals surface area contributed by atoms with Crippen LogP contribution >= 0.6 is 23.1 Å². The van der Waals surface area contributed by atoms with Crippen molar-refractivity contribution < 1.29 is 13.9 Å². The van der Waals surface area contributed by atoms with E-state index in [1.54, 1.807) is 0 Å². The van der Waals surface area contributed by atoms with E-state index >= 15 is 0 Å². The van der Waals surface area contributed by atoms with Gasteiger partial charge in [-0.15, -0.1) is 11.3 Å². The number of hydrogen-bond acceptors (Lipinski definition) is 7. The average Bonchev–Trinajstić information content (AvgIpc) is 2.87. The first-order valence-corrected chi connectivity index (χ1v) is 8.41. The molecule has 0 unspecified atom stereocenters. The van der Waals surface area contributed by atoms with Crippen LogP contribution in [0.5, 0.6) is 11.6 Å². The fraction of sp³-hybridized carbons (Fsp3) is 0.0714. The van der Waals surface area contributed by atoms with Gasteiger partial charge in [0.15, 0.2) is 5.16 Å². The Labute approximate surface area is 138 Å². The van der Waals surface area contributed by atoms with Crippen molar-refractivity contribution in [1.29, 1.82) is 0 Å². The zero-order valence-electron chi connectivity index (χ0n) is 11.9. The molecular formula is C14H11FN4O2S2. The second-order valence-electron chi connectivity index (χ2n) is 4.46. The van der Waals surface area contributed by atoms with Gasteiger partial charge in [0.2, 0.25) is 5.88 Å². The van der Waals surface area contributed by atoms with Crippen LogP contribution in [0.4, 0.5) is 10.1 Å². The van der Waals surface area contributed by atoms with E-state index in [9.17, 15) is 9.18 Å². The first-order chi connectivity index (χ1) is 11.0. The van der Waals surface area contributed by atoms with E-state index in [0.29, 0.717) is 21.1 Å². The number of thioether (sulfide) groups is 1. The Hall–Kier alpha value is -2.39. The SMILES string of the molecule is CSc1nc(Oc2ccc(F)cc2)c2c(N)c(C(N)=O)sc2n1. The summed E-state index contributed by atoms with van der Waals surface area (Å²) in [6.45, 7) is 0. The summed E-state index contributed by atoms with van der Waals surface area (Å²) in [5.74, 6) is -0.415. The number of benzene rings is 1. The number of nitrogens with two attached hydrogens (primary N) is 2. The highest BCUT2D eigenvalue weighted by Crippen LogP contribution is 2.39. The van der Waals surface area contributed by atoms with Crippen LogP contribution in [-0.4, -0.2) is 22.1 Å². The van der Waals surface area contributed by atoms with Crippen molar-refractivity contribution in [3.8, 4) is 11.6 Å². The number of thiophene rings is 1. The summed E-state index contributed by atoms with van der Waals surface area (Å²) in [6, 6.07) is 5.49. The zero-order valence-corrected chi connectivity index (χ0v) is 13.5. The molecule has 2 heterocycles. The van der Waals surface area contributed by atoms with Crippen LogP contribution in [0.2, 0.25) is 0 Å². The smallest absolute Gasteiger partial charge is 0.260 e. The number of fused-ring (bicyclic) bond motifs is 1. The van der Waals surface area contributed by atoms with E-state index in [-0.39, 0.29) is 22.3 Å². The number of carbonyl (C=O) groups is 1. The molecular weight excluding hydrogens is 339 g/mol. The van der Waals surface area contributed by atoms with E-state index in [1.807, 2.05) is 6.26 Å². The molecule has 3 aromatic rings. The van der Waals surface area contributed by atoms with Gasteiger partial charge < -0.3 is 16.2 Å². The lowest BCUT2D eigenvalue weighted by Gasteiger charge is -2.07. The number of halogens is 1. The number of carbonyl (C=O) groups excluding carboxylic acids is 1. The highest BCUT2D eigenvalue weighted by atomic mass is 32.2. The van der Waals surface area contributed by atoms with Gasteiger partial charge in [-0.2, -0.15) is 4.98 Å². The fourth-order valence-corrected chi connectivity index (χ4v) is 3.29. The van der Waals surface area contributed by atoms with Crippen molar-refractivity contribution in [2.45, 2.75) is 5.16 Å². The van der Waals surface area contributed by atoms with Crippen molar-refractivity contribution in [1.82, 2.24) is 9.97 Å². The summed E-state index contributed by atoms with van der Waals surface area (Å²) in [6.07, 6.45) is 1.81. The van der Waals surface area contributed by atoms with Crippen LogP contribution < -0.4 is 16.2 Å². The number of hydrogen-bond donors (Lipinski definition) is 2. The van der Waals surface area contributed by atoms with Gasteiger partial charge in [-0.25, -0.2) is 9.37 Å². The van der Waals surface area contributed by atoms with Crippen LogP contribution in [-0.2, 0) is 0 Å². The van der Waals surface area contributed by atoms with Crippen LogP contribution in [0.25, 0.3) is 10.2 Å². The molecule has 1 aromatic carbocycles. The maximum Gasteiger partial charge on any atom is 0.260 e. The molecule has 23 heavy (non-hydrogen) atoms. The minimum absolute atomic E-state index is 0.183. The third-order valence-corrected chi connectivity index (χ3v) is 4.63. The molecule has 0 aliphatic rings. The number of aromatic nitrogens is 2. The van der Waals surface area contributed by atoms with Crippen molar-refractivity contribution in [2.24, 2.45) is 5.73 Å². The van der Waals surface area contributed by atoms with Crippen LogP contribution in [0.15, 0.2) is 29.4 Å². The molecule has 3 rings (SSSR count). The first-order valence-electron chi connectivity index (χ1n) is 6.37. The van der Waals surface area contributed by atoms with E-state index in [2.05, 4.69) is 9.97 Å². The quantitative estimate of drug-likeness (QED) is 0.554. The lowest BCUT2D eigenvalue weighted by atomic mass is 10.3. The first kappa shape index (κ1) is 15.5. The third-order valence-electron chi connectivity index (χ3n) is 2.97. The molecule has 9 heteroatoms. The van der Waals surface area contributed by atoms with E-state index in [1.165, 1.54) is 36.0 Å². The highest BCUT2D eigenvalue weighted by molar-refractivity contribution is 7.98. The maximum atomic E-state index is 13.0. The molecule has 0 radical (unpaired) electrons. The molecule has 0 fully saturated rings. The molecule has 118 valence electrons. The van der Waals surface area contributed by atoms with Gasteiger partial charge in [-0.05, 0) is 30.5 Å². The summed E-state index contributed by atoms with van der Waals surface area (Å²) in [4.78, 5) is 20.8. The Kier molecular flexibility index (Phi) is 4.05. The molecule has 4 N–H and O–H groups in total. The molecule has 0 aliphatic carbocycles. The second kappa shape index (κ2) is 6.01. The van der Waals surface area contributed by atoms with Crippen molar-refractivity contribution in [3.05, 3.63) is 35.0 Å². The summed E-state index contributed by atoms with van der Waals surface area (Å²) in [5.41, 5.74) is 11.5. The number of ether oxygens (including phenoxy) is 1. The molecule has 0 aliphatic heterocycles. The van der Waals surface area contributed by atoms with Gasteiger partial charge in [-0.3, -0.25) is 4.79 Å². The van der Waals surface area contributed by atoms with Crippen LogP contribution in [0, 0.1) is 5.82 Å². The second-order valence-corrected chi connectivity index (χ2v) is 6.23. The maximum absolute atomic E-state index is 13.0. The van der Waals surface area contributed by atoms with Crippen LogP contribution in [0.1, 0.15) is 9.67 Å². The molecule has 0 bridgehead atoms. The average molecular weight is 350 g/mol. The Morgan fingerprint density at radius 3 is 2.61 bits per heavy atom. The molecule has 1 amide bonds. The Bertz CT molecular complexity index is 896. The van der Waals surface area contributed by atoms with E-state index in [4.69, 9.17) is 16.2 Å². The molecule has 0 atom stereocenters. The molecule has 0 saturated carbocycles. The van der Waals surface area contributed by atoms with E-state index < -0.39 is 5.91 Å². The number of amides is 1. The van der Waals surface area contributed by atoms with Gasteiger partial charge in [0.25, 0.3) is 5.91 Å². The standard InChI is InChI=1S/C14H11FN4O2S2/c1-22-14-18-12(21-7-4-2-6(15)3-5-7)8-9(16)10(11(17)20)23-13(8)19-14/h2-5H,16H2,1H3,(H2,17,20). The largest absolute Gasteiger partial charge is 0.438 e. The fourth-order valence-electron chi connectivity index (χ4n) is 1.93. The zero-order chi connectivity index (χ0) is 16.6. The van der Waals surface area contributed by atoms with E-state index in [0.717, 1.165) is 11.3 Å². The molecule has 2 aromatic heterocycles. The minimum atomic E-state index is -0.635. The number of nitrogen functional groups attached to an aromatic ring is 1. The Morgan fingerprint density at radius 1 is 1.30 bits per heavy atom. The van der Waals surface area contributed by atoms with Crippen molar-refractivity contribution in [3.63, 3.8) is 0 Å². The van der Waals surface area contributed by atoms with Gasteiger partial charge in [0.1, 0.15) is 21.3 Å². The van der Waals surface area contributed by atoms with Crippen molar-refractivity contribution >= 4 is 44.9 Å². The summed E-state index contributed by atoms with van der Waals surface area (Å²) >= 11 is 2.41. The van der Waals surface area contributed by atoms with Gasteiger partial charge >= 0.3 is 0 Å². The predicted molar refractivity (Wildman–Crippen MR) is 88.6 cm³/mol. The van der Waals surface area contributed by atoms with Crippen molar-refractivity contribution in [2.75, 3.05) is 12.0 Å². The summed E-state index contributed by atoms with van der Waals surface area (Å²) < 4.78 is 18.7. The lowest BCUT2D eigenvalue weighted by molar-refractivity contribution is 0.100. The minimum Gasteiger partial charge on any atom is -0.438 e. The Balaban J connectivity index is 2.17. The lowest BCUT2D eigenvalue weighted by Crippen LogP contribution is -2.10. The van der Waals surface area contributed by atoms with Gasteiger partial charge in [0.05, 0.1) is 11.1 Å². The third kappa shape index (κ3) is 2.92. The predicted octanol–water partition coefficient (Wildman–Crippen LogP) is 3.03. The van der Waals surface area contributed by atoms with Gasteiger partial charge in [-0.1, -0.05) is 11.8 Å². The normalized spacial score (nSPS) is 10.9. The molecule has 0 spiro atoms. The highest BCUT2D eigenvalue weighted by Gasteiger charge is 2.21.